The SMILES string of the molecule is COC(=O)/C(C)=C/C=C(/C)C=O. The maximum absolute atomic E-state index is 10.8. The summed E-state index contributed by atoms with van der Waals surface area (Å²) < 4.78 is 4.45. The number of rotatable bonds is 3. The van der Waals surface area contributed by atoms with Crippen LogP contribution in [0.1, 0.15) is 13.8 Å². The molecule has 0 unspecified atom stereocenters. The summed E-state index contributed by atoms with van der Waals surface area (Å²) >= 11 is 0. The van der Waals surface area contributed by atoms with Gasteiger partial charge < -0.3 is 4.74 Å². The van der Waals surface area contributed by atoms with Crippen molar-refractivity contribution < 1.29 is 14.3 Å². The summed E-state index contributed by atoms with van der Waals surface area (Å²) in [5.41, 5.74) is 1.04. The highest BCUT2D eigenvalue weighted by atomic mass is 16.5. The van der Waals surface area contributed by atoms with Gasteiger partial charge >= 0.3 is 5.97 Å². The molecule has 0 aromatic rings. The first-order chi connectivity index (χ1) is 5.61. The van der Waals surface area contributed by atoms with E-state index < -0.39 is 0 Å². The topological polar surface area (TPSA) is 43.4 Å². The van der Waals surface area contributed by atoms with Gasteiger partial charge in [0.2, 0.25) is 0 Å². The van der Waals surface area contributed by atoms with Crippen LogP contribution in [0.5, 0.6) is 0 Å². The minimum Gasteiger partial charge on any atom is -0.466 e. The molecule has 0 fully saturated rings. The van der Waals surface area contributed by atoms with Gasteiger partial charge in [-0.3, -0.25) is 4.79 Å². The van der Waals surface area contributed by atoms with E-state index in [2.05, 4.69) is 4.74 Å². The van der Waals surface area contributed by atoms with Crippen LogP contribution < -0.4 is 0 Å². The van der Waals surface area contributed by atoms with Crippen molar-refractivity contribution in [3.8, 4) is 0 Å². The average Bonchev–Trinajstić information content (AvgIpc) is 2.11. The fraction of sp³-hybridized carbons (Fsp3) is 0.333. The highest BCUT2D eigenvalue weighted by Gasteiger charge is 1.99. The van der Waals surface area contributed by atoms with Gasteiger partial charge in [-0.2, -0.15) is 0 Å². The summed E-state index contributed by atoms with van der Waals surface area (Å²) in [5.74, 6) is -0.384. The third kappa shape index (κ3) is 3.71. The molecule has 0 saturated carbocycles. The molecule has 3 heteroatoms. The first-order valence-electron chi connectivity index (χ1n) is 3.50. The Bertz CT molecular complexity index is 236. The van der Waals surface area contributed by atoms with Gasteiger partial charge in [-0.25, -0.2) is 4.79 Å². The number of aldehydes is 1. The van der Waals surface area contributed by atoms with Crippen LogP contribution >= 0.6 is 0 Å². The second-order valence-electron chi connectivity index (χ2n) is 2.37. The monoisotopic (exact) mass is 168 g/mol. The molecule has 0 aromatic carbocycles. The molecular formula is C9H12O3. The lowest BCUT2D eigenvalue weighted by atomic mass is 10.2. The Hall–Kier alpha value is -1.38. The smallest absolute Gasteiger partial charge is 0.333 e. The number of ether oxygens (including phenoxy) is 1. The summed E-state index contributed by atoms with van der Waals surface area (Å²) in [6, 6.07) is 0. The summed E-state index contributed by atoms with van der Waals surface area (Å²) in [6.07, 6.45) is 3.84. The van der Waals surface area contributed by atoms with Crippen molar-refractivity contribution >= 4 is 12.3 Å². The van der Waals surface area contributed by atoms with E-state index >= 15 is 0 Å². The molecule has 12 heavy (non-hydrogen) atoms. The van der Waals surface area contributed by atoms with E-state index in [1.54, 1.807) is 26.0 Å². The third-order valence-corrected chi connectivity index (χ3v) is 1.29. The van der Waals surface area contributed by atoms with Crippen molar-refractivity contribution in [2.75, 3.05) is 7.11 Å². The average molecular weight is 168 g/mol. The maximum Gasteiger partial charge on any atom is 0.333 e. The fourth-order valence-electron chi connectivity index (χ4n) is 0.525. The Labute approximate surface area is 71.7 Å². The minimum atomic E-state index is -0.384. The summed E-state index contributed by atoms with van der Waals surface area (Å²) in [4.78, 5) is 20.9. The molecular weight excluding hydrogens is 156 g/mol. The predicted molar refractivity (Wildman–Crippen MR) is 45.6 cm³/mol. The van der Waals surface area contributed by atoms with E-state index in [1.165, 1.54) is 7.11 Å². The molecule has 0 aliphatic carbocycles. The summed E-state index contributed by atoms with van der Waals surface area (Å²) in [5, 5.41) is 0. The maximum atomic E-state index is 10.8. The second-order valence-corrected chi connectivity index (χ2v) is 2.37. The van der Waals surface area contributed by atoms with E-state index in [4.69, 9.17) is 0 Å². The molecule has 0 radical (unpaired) electrons. The van der Waals surface area contributed by atoms with Gasteiger partial charge in [0.05, 0.1) is 7.11 Å². The van der Waals surface area contributed by atoms with Crippen molar-refractivity contribution in [3.05, 3.63) is 23.3 Å². The van der Waals surface area contributed by atoms with Crippen LogP contribution in [0, 0.1) is 0 Å². The van der Waals surface area contributed by atoms with E-state index in [0.717, 1.165) is 6.29 Å². The van der Waals surface area contributed by atoms with Crippen LogP contribution in [0.2, 0.25) is 0 Å². The fourth-order valence-corrected chi connectivity index (χ4v) is 0.525. The van der Waals surface area contributed by atoms with Crippen LogP contribution in [0.4, 0.5) is 0 Å². The minimum absolute atomic E-state index is 0.384. The number of carbonyl (C=O) groups is 2. The quantitative estimate of drug-likeness (QED) is 0.276. The van der Waals surface area contributed by atoms with Gasteiger partial charge in [-0.15, -0.1) is 0 Å². The molecule has 3 nitrogen and oxygen atoms in total. The molecule has 0 saturated heterocycles. The van der Waals surface area contributed by atoms with E-state index in [1.807, 2.05) is 0 Å². The van der Waals surface area contributed by atoms with E-state index in [9.17, 15) is 9.59 Å². The second kappa shape index (κ2) is 5.29. The number of methoxy groups -OCH3 is 1. The van der Waals surface area contributed by atoms with Crippen molar-refractivity contribution in [1.29, 1.82) is 0 Å². The normalized spacial score (nSPS) is 12.6. The third-order valence-electron chi connectivity index (χ3n) is 1.29. The van der Waals surface area contributed by atoms with Crippen LogP contribution in [-0.4, -0.2) is 19.4 Å². The number of hydrogen-bond acceptors (Lipinski definition) is 3. The molecule has 0 bridgehead atoms. The lowest BCUT2D eigenvalue weighted by molar-refractivity contribution is -0.136. The van der Waals surface area contributed by atoms with Crippen LogP contribution in [-0.2, 0) is 14.3 Å². The Morgan fingerprint density at radius 1 is 1.25 bits per heavy atom. The highest BCUT2D eigenvalue weighted by Crippen LogP contribution is 1.97. The van der Waals surface area contributed by atoms with Gasteiger partial charge in [0.25, 0.3) is 0 Å². The molecule has 0 aromatic heterocycles. The Balaban J connectivity index is 4.37. The van der Waals surface area contributed by atoms with Gasteiger partial charge in [-0.05, 0) is 19.4 Å². The zero-order chi connectivity index (χ0) is 9.56. The zero-order valence-electron chi connectivity index (χ0n) is 7.46. The van der Waals surface area contributed by atoms with Crippen molar-refractivity contribution in [1.82, 2.24) is 0 Å². The number of allylic oxidation sites excluding steroid dienone is 3. The number of carbonyl (C=O) groups excluding carboxylic acids is 2. The largest absolute Gasteiger partial charge is 0.466 e. The van der Waals surface area contributed by atoms with Crippen molar-refractivity contribution in [2.24, 2.45) is 0 Å². The number of hydrogen-bond donors (Lipinski definition) is 0. The van der Waals surface area contributed by atoms with Crippen molar-refractivity contribution in [2.45, 2.75) is 13.8 Å². The lowest BCUT2D eigenvalue weighted by Gasteiger charge is -1.95. The molecule has 0 atom stereocenters. The standard InChI is InChI=1S/C9H12O3/c1-7(6-10)4-5-8(2)9(11)12-3/h4-6H,1-3H3/b7-4-,8-5+. The molecule has 0 N–H and O–H groups in total. The summed E-state index contributed by atoms with van der Waals surface area (Å²) in [6.45, 7) is 3.29. The highest BCUT2D eigenvalue weighted by molar-refractivity contribution is 5.88. The van der Waals surface area contributed by atoms with E-state index in [-0.39, 0.29) is 5.97 Å². The van der Waals surface area contributed by atoms with Gasteiger partial charge in [-0.1, -0.05) is 12.2 Å². The first-order valence-corrected chi connectivity index (χ1v) is 3.50. The van der Waals surface area contributed by atoms with Gasteiger partial charge in [0.1, 0.15) is 6.29 Å². The van der Waals surface area contributed by atoms with E-state index in [0.29, 0.717) is 11.1 Å². The Morgan fingerprint density at radius 2 is 1.83 bits per heavy atom. The lowest BCUT2D eigenvalue weighted by Crippen LogP contribution is -2.00. The first kappa shape index (κ1) is 10.6. The molecule has 0 rings (SSSR count). The van der Waals surface area contributed by atoms with Crippen LogP contribution in [0.25, 0.3) is 0 Å². The zero-order valence-corrected chi connectivity index (χ0v) is 7.46. The van der Waals surface area contributed by atoms with Crippen LogP contribution in [0.15, 0.2) is 23.3 Å². The van der Waals surface area contributed by atoms with Crippen LogP contribution in [0.3, 0.4) is 0 Å². The number of esters is 1. The van der Waals surface area contributed by atoms with Gasteiger partial charge in [0, 0.05) is 5.57 Å². The Kier molecular flexibility index (Phi) is 4.69. The molecule has 66 valence electrons. The summed E-state index contributed by atoms with van der Waals surface area (Å²) in [7, 11) is 1.32. The Morgan fingerprint density at radius 3 is 2.25 bits per heavy atom. The predicted octanol–water partition coefficient (Wildman–Crippen LogP) is 1.25. The molecule has 0 aliphatic rings. The molecule has 0 heterocycles. The van der Waals surface area contributed by atoms with Gasteiger partial charge in [0.15, 0.2) is 0 Å². The molecule has 0 aliphatic heterocycles. The molecule has 0 amide bonds. The van der Waals surface area contributed by atoms with Crippen molar-refractivity contribution in [3.63, 3.8) is 0 Å². The molecule has 0 spiro atoms.